The van der Waals surface area contributed by atoms with Gasteiger partial charge in [-0.15, -0.1) is 10.2 Å². The largest absolute Gasteiger partial charge is 0.385 e. The Morgan fingerprint density at radius 2 is 2.04 bits per heavy atom. The molecule has 134 valence electrons. The van der Waals surface area contributed by atoms with Crippen molar-refractivity contribution in [3.05, 3.63) is 34.6 Å². The van der Waals surface area contributed by atoms with Crippen molar-refractivity contribution >= 4 is 28.4 Å². The molecule has 0 amide bonds. The number of aromatic nitrogens is 4. The van der Waals surface area contributed by atoms with Crippen molar-refractivity contribution in [1.29, 1.82) is 0 Å². The SMILES string of the molecule is COCCCn1c(=O)c2ccccc2n2c(SCCC(C)C)nnc12. The van der Waals surface area contributed by atoms with Crippen LogP contribution in [0.25, 0.3) is 16.7 Å². The Labute approximate surface area is 151 Å². The minimum Gasteiger partial charge on any atom is -0.385 e. The highest BCUT2D eigenvalue weighted by atomic mass is 32.2. The van der Waals surface area contributed by atoms with E-state index in [1.165, 1.54) is 0 Å². The zero-order valence-corrected chi connectivity index (χ0v) is 15.8. The third kappa shape index (κ3) is 3.72. The normalized spacial score (nSPS) is 11.8. The van der Waals surface area contributed by atoms with Gasteiger partial charge >= 0.3 is 0 Å². The molecule has 0 unspecified atom stereocenters. The van der Waals surface area contributed by atoms with Crippen LogP contribution in [0.1, 0.15) is 26.7 Å². The number of thioether (sulfide) groups is 1. The van der Waals surface area contributed by atoms with E-state index in [9.17, 15) is 4.79 Å². The second-order valence-corrected chi connectivity index (χ2v) is 7.53. The molecule has 25 heavy (non-hydrogen) atoms. The van der Waals surface area contributed by atoms with Crippen LogP contribution in [0.5, 0.6) is 0 Å². The molecule has 0 saturated heterocycles. The first kappa shape index (κ1) is 17.9. The van der Waals surface area contributed by atoms with E-state index in [4.69, 9.17) is 4.74 Å². The molecule has 0 saturated carbocycles. The molecule has 7 heteroatoms. The maximum absolute atomic E-state index is 12.9. The average Bonchev–Trinajstić information content (AvgIpc) is 3.01. The number of para-hydroxylation sites is 1. The fourth-order valence-corrected chi connectivity index (χ4v) is 3.96. The number of nitrogens with zero attached hydrogens (tertiary/aromatic N) is 4. The van der Waals surface area contributed by atoms with Crippen LogP contribution in [-0.4, -0.2) is 38.6 Å². The molecule has 0 aliphatic heterocycles. The van der Waals surface area contributed by atoms with Gasteiger partial charge in [-0.25, -0.2) is 0 Å². The summed E-state index contributed by atoms with van der Waals surface area (Å²) in [5.74, 6) is 2.23. The predicted molar refractivity (Wildman–Crippen MR) is 101 cm³/mol. The highest BCUT2D eigenvalue weighted by molar-refractivity contribution is 7.99. The van der Waals surface area contributed by atoms with Gasteiger partial charge in [0, 0.05) is 26.0 Å². The topological polar surface area (TPSA) is 61.4 Å². The lowest BCUT2D eigenvalue weighted by Gasteiger charge is -2.11. The summed E-state index contributed by atoms with van der Waals surface area (Å²) in [5, 5.41) is 10.2. The van der Waals surface area contributed by atoms with Crippen molar-refractivity contribution in [1.82, 2.24) is 19.2 Å². The first-order chi connectivity index (χ1) is 12.1. The quantitative estimate of drug-likeness (QED) is 0.456. The molecule has 0 N–H and O–H groups in total. The Morgan fingerprint density at radius 3 is 2.80 bits per heavy atom. The standard InChI is InChI=1S/C18H24N4O2S/c1-13(2)9-12-25-18-20-19-17-21(10-6-11-24-3)16(23)14-7-4-5-8-15(14)22(17)18/h4-5,7-8,13H,6,9-12H2,1-3H3. The van der Waals surface area contributed by atoms with Crippen molar-refractivity contribution in [2.45, 2.75) is 38.4 Å². The predicted octanol–water partition coefficient (Wildman–Crippen LogP) is 3.22. The fraction of sp³-hybridized carbons (Fsp3) is 0.500. The molecular weight excluding hydrogens is 336 g/mol. The summed E-state index contributed by atoms with van der Waals surface area (Å²) in [6.45, 7) is 5.60. The van der Waals surface area contributed by atoms with Crippen LogP contribution in [0.2, 0.25) is 0 Å². The second-order valence-electron chi connectivity index (χ2n) is 6.47. The Kier molecular flexibility index (Phi) is 5.75. The van der Waals surface area contributed by atoms with Gasteiger partial charge in [-0.2, -0.15) is 0 Å². The van der Waals surface area contributed by atoms with E-state index in [2.05, 4.69) is 24.0 Å². The van der Waals surface area contributed by atoms with Crippen LogP contribution in [-0.2, 0) is 11.3 Å². The Morgan fingerprint density at radius 1 is 1.24 bits per heavy atom. The second kappa shape index (κ2) is 8.01. The van der Waals surface area contributed by atoms with Crippen molar-refractivity contribution in [3.8, 4) is 0 Å². The summed E-state index contributed by atoms with van der Waals surface area (Å²) in [4.78, 5) is 12.9. The Bertz CT molecular complexity index is 916. The summed E-state index contributed by atoms with van der Waals surface area (Å²) < 4.78 is 8.84. The maximum Gasteiger partial charge on any atom is 0.262 e. The number of hydrogen-bond donors (Lipinski definition) is 0. The van der Waals surface area contributed by atoms with Gasteiger partial charge in [-0.1, -0.05) is 37.7 Å². The number of hydrogen-bond acceptors (Lipinski definition) is 5. The molecule has 1 aromatic carbocycles. The van der Waals surface area contributed by atoms with Gasteiger partial charge in [0.05, 0.1) is 10.9 Å². The Hall–Kier alpha value is -1.86. The van der Waals surface area contributed by atoms with Crippen molar-refractivity contribution < 1.29 is 4.74 Å². The van der Waals surface area contributed by atoms with Crippen LogP contribution in [0.4, 0.5) is 0 Å². The molecule has 3 aromatic rings. The van der Waals surface area contributed by atoms with E-state index < -0.39 is 0 Å². The van der Waals surface area contributed by atoms with Crippen LogP contribution < -0.4 is 5.56 Å². The van der Waals surface area contributed by atoms with Gasteiger partial charge in [0.15, 0.2) is 5.16 Å². The average molecular weight is 360 g/mol. The van der Waals surface area contributed by atoms with Gasteiger partial charge in [-0.05, 0) is 30.9 Å². The van der Waals surface area contributed by atoms with E-state index >= 15 is 0 Å². The van der Waals surface area contributed by atoms with Gasteiger partial charge in [0.2, 0.25) is 5.78 Å². The minimum absolute atomic E-state index is 0.0228. The van der Waals surface area contributed by atoms with Crippen molar-refractivity contribution in [2.24, 2.45) is 5.92 Å². The molecule has 2 heterocycles. The van der Waals surface area contributed by atoms with E-state index in [0.717, 1.165) is 29.3 Å². The number of methoxy groups -OCH3 is 1. The van der Waals surface area contributed by atoms with Gasteiger partial charge in [0.1, 0.15) is 0 Å². The third-order valence-corrected chi connectivity index (χ3v) is 5.10. The highest BCUT2D eigenvalue weighted by Gasteiger charge is 2.16. The molecule has 6 nitrogen and oxygen atoms in total. The summed E-state index contributed by atoms with van der Waals surface area (Å²) in [6.07, 6.45) is 1.87. The third-order valence-electron chi connectivity index (χ3n) is 4.13. The number of rotatable bonds is 8. The van der Waals surface area contributed by atoms with Crippen LogP contribution in [0.15, 0.2) is 34.2 Å². The first-order valence-electron chi connectivity index (χ1n) is 8.62. The molecule has 2 aromatic heterocycles. The molecule has 0 atom stereocenters. The molecule has 3 rings (SSSR count). The van der Waals surface area contributed by atoms with Crippen molar-refractivity contribution in [2.75, 3.05) is 19.5 Å². The first-order valence-corrected chi connectivity index (χ1v) is 9.60. The van der Waals surface area contributed by atoms with E-state index in [0.29, 0.717) is 30.2 Å². The number of ether oxygens (including phenoxy) is 1. The molecule has 0 spiro atoms. The van der Waals surface area contributed by atoms with Crippen molar-refractivity contribution in [3.63, 3.8) is 0 Å². The molecule has 0 bridgehead atoms. The number of fused-ring (bicyclic) bond motifs is 3. The van der Waals surface area contributed by atoms with Gasteiger partial charge in [0.25, 0.3) is 5.56 Å². The molecule has 0 radical (unpaired) electrons. The molecular formula is C18H24N4O2S. The summed E-state index contributed by atoms with van der Waals surface area (Å²) in [6, 6.07) is 7.66. The molecule has 0 aliphatic rings. The van der Waals surface area contributed by atoms with E-state index in [-0.39, 0.29) is 5.56 Å². The van der Waals surface area contributed by atoms with E-state index in [1.54, 1.807) is 23.4 Å². The minimum atomic E-state index is -0.0228. The monoisotopic (exact) mass is 360 g/mol. The fourth-order valence-electron chi connectivity index (χ4n) is 2.78. The zero-order chi connectivity index (χ0) is 17.8. The van der Waals surface area contributed by atoms with E-state index in [1.807, 2.05) is 28.7 Å². The molecule has 0 fully saturated rings. The van der Waals surface area contributed by atoms with Crippen LogP contribution >= 0.6 is 11.8 Å². The number of benzene rings is 1. The lowest BCUT2D eigenvalue weighted by molar-refractivity contribution is 0.190. The maximum atomic E-state index is 12.9. The highest BCUT2D eigenvalue weighted by Crippen LogP contribution is 2.23. The summed E-state index contributed by atoms with van der Waals surface area (Å²) >= 11 is 1.69. The van der Waals surface area contributed by atoms with Crippen LogP contribution in [0, 0.1) is 5.92 Å². The van der Waals surface area contributed by atoms with Gasteiger partial charge in [-0.3, -0.25) is 13.8 Å². The summed E-state index contributed by atoms with van der Waals surface area (Å²) in [7, 11) is 1.67. The smallest absolute Gasteiger partial charge is 0.262 e. The molecule has 0 aliphatic carbocycles. The summed E-state index contributed by atoms with van der Waals surface area (Å²) in [5.41, 5.74) is 0.841. The number of aryl methyl sites for hydroxylation is 1. The zero-order valence-electron chi connectivity index (χ0n) is 14.9. The lowest BCUT2D eigenvalue weighted by Crippen LogP contribution is -2.24. The lowest BCUT2D eigenvalue weighted by atomic mass is 10.2. The van der Waals surface area contributed by atoms with Crippen LogP contribution in [0.3, 0.4) is 0 Å². The van der Waals surface area contributed by atoms with Gasteiger partial charge < -0.3 is 4.74 Å². The Balaban J connectivity index is 2.10.